The van der Waals surface area contributed by atoms with Crippen LogP contribution in [-0.4, -0.2) is 98.8 Å². The minimum atomic E-state index is -0.997. The lowest BCUT2D eigenvalue weighted by Gasteiger charge is -2.55. The van der Waals surface area contributed by atoms with Crippen molar-refractivity contribution >= 4 is 17.9 Å². The molecular weight excluding hydrogens is 1230 g/mol. The fourth-order valence-corrected chi connectivity index (χ4v) is 18.6. The number of aryl methyl sites for hydroxylation is 3. The van der Waals surface area contributed by atoms with E-state index in [4.69, 9.17) is 42.7 Å². The van der Waals surface area contributed by atoms with E-state index in [1.165, 1.54) is 71.0 Å². The van der Waals surface area contributed by atoms with Crippen LogP contribution in [0.25, 0.3) is 0 Å². The van der Waals surface area contributed by atoms with Crippen LogP contribution in [0.5, 0.6) is 23.0 Å². The fraction of sp³-hybridized carbons (Fsp3) is 0.612. The van der Waals surface area contributed by atoms with Crippen LogP contribution in [0.3, 0.4) is 0 Å². The second kappa shape index (κ2) is 32.1. The summed E-state index contributed by atoms with van der Waals surface area (Å²) in [6.07, 6.45) is 16.4. The van der Waals surface area contributed by atoms with E-state index in [1.807, 2.05) is 24.3 Å². The number of epoxide rings is 2. The topological polar surface area (TPSA) is 180 Å². The fourth-order valence-electron chi connectivity index (χ4n) is 18.6. The highest BCUT2D eigenvalue weighted by Crippen LogP contribution is 2.60. The largest absolute Gasteiger partial charge is 0.491 e. The number of hydrogen-bond donors (Lipinski definition) is 2. The Kier molecular flexibility index (Phi) is 24.4. The van der Waals surface area contributed by atoms with Crippen LogP contribution < -0.4 is 18.9 Å². The van der Waals surface area contributed by atoms with Crippen LogP contribution in [-0.2, 0) is 68.9 Å². The van der Waals surface area contributed by atoms with E-state index in [0.29, 0.717) is 60.7 Å². The van der Waals surface area contributed by atoms with Gasteiger partial charge in [-0.3, -0.25) is 9.59 Å². The molecule has 0 aromatic heterocycles. The molecule has 13 heteroatoms. The highest BCUT2D eigenvalue weighted by atomic mass is 16.6. The Morgan fingerprint density at radius 2 is 0.918 bits per heavy atom. The summed E-state index contributed by atoms with van der Waals surface area (Å²) in [7, 11) is 0. The molecule has 8 aliphatic rings. The molecule has 5 aromatic carbocycles. The molecule has 2 heterocycles. The lowest BCUT2D eigenvalue weighted by atomic mass is 9.48. The highest BCUT2D eigenvalue weighted by Gasteiger charge is 2.57. The number of aliphatic hydroxyl groups excluding tert-OH is 2. The number of Topliss-reactive ketones (excluding diaryl/α,β-unsaturated/α-hetero) is 1. The molecule has 532 valence electrons. The molecule has 0 radical (unpaired) electrons. The summed E-state index contributed by atoms with van der Waals surface area (Å²) in [5.41, 5.74) is 12.6. The van der Waals surface area contributed by atoms with E-state index in [-0.39, 0.29) is 72.6 Å². The third-order valence-electron chi connectivity index (χ3n) is 24.5. The van der Waals surface area contributed by atoms with Gasteiger partial charge in [-0.2, -0.15) is 9.59 Å². The Hall–Kier alpha value is -6.34. The van der Waals surface area contributed by atoms with Crippen molar-refractivity contribution in [3.8, 4) is 23.0 Å². The lowest BCUT2D eigenvalue weighted by molar-refractivity contribution is -0.191. The molecule has 5 aromatic rings. The predicted molar refractivity (Wildman–Crippen MR) is 383 cm³/mol. The van der Waals surface area contributed by atoms with Crippen molar-refractivity contribution in [2.45, 2.75) is 251 Å². The number of carbonyl (C=O) groups is 2. The van der Waals surface area contributed by atoms with Gasteiger partial charge in [0.05, 0.1) is 24.7 Å². The minimum absolute atomic E-state index is 0.0158. The van der Waals surface area contributed by atoms with Gasteiger partial charge < -0.3 is 43.4 Å². The van der Waals surface area contributed by atoms with Gasteiger partial charge in [0.1, 0.15) is 80.1 Å². The number of benzene rings is 5. The van der Waals surface area contributed by atoms with Crippen LogP contribution in [0, 0.1) is 34.5 Å². The van der Waals surface area contributed by atoms with Gasteiger partial charge in [0.25, 0.3) is 0 Å². The minimum Gasteiger partial charge on any atom is -0.491 e. The van der Waals surface area contributed by atoms with Crippen molar-refractivity contribution in [3.05, 3.63) is 153 Å². The molecule has 98 heavy (non-hydrogen) atoms. The number of carbonyl (C=O) groups excluding carboxylic acids is 4. The zero-order chi connectivity index (χ0) is 70.2. The lowest BCUT2D eigenvalue weighted by Crippen LogP contribution is -2.53. The second-order valence-corrected chi connectivity index (χ2v) is 32.3. The van der Waals surface area contributed by atoms with Gasteiger partial charge in [-0.1, -0.05) is 169 Å². The first-order valence-electron chi connectivity index (χ1n) is 37.2. The SMILES string of the molecule is CC(C)c1ccc2c(c1)CCC1C(C)(C(=O)CCC(O)COc3cccc(OCC(O)COC(=O)C4(C)CCCC5(C)c6ccc(C(C)C)cc6CCC45)c3)CCCC21C.CC(C)c1ccc2c(c1)CCC1C(C)CCCC21C.O=C=O.c1cc(OCC2CO2)cc(OCC2CO2)c1. The molecule has 13 rings (SSSR count). The highest BCUT2D eigenvalue weighted by molar-refractivity contribution is 5.85. The van der Waals surface area contributed by atoms with Crippen molar-refractivity contribution in [2.75, 3.05) is 46.2 Å². The van der Waals surface area contributed by atoms with Gasteiger partial charge in [-0.05, 0) is 216 Å². The number of hydrogen-bond acceptors (Lipinski definition) is 13. The first-order chi connectivity index (χ1) is 46.8. The standard InChI is InChI=1S/C53H72O7.C19H28.C12H14O4.CO2/c1-34(2)36-14-19-44-38(28-36)16-21-46-50(44,5)24-10-26-52(46,7)48(56)23-18-40(54)31-58-42-12-9-13-43(30-42)59-32-41(55)33-60-49(57)53(8)27-11-25-51(6)45-20-15-37(35(3)4)29-39(45)17-22-47(51)53;1-13(2)15-7-10-18-16(12-15)8-9-17-14(3)6-5-11-19(17,18)4;1-2-9(13-5-11-7-15-11)4-10(3-1)14-6-12-8-16-12;2-1-3/h9,12-15,19-20,28-30,34-35,40-41,46-47,54-55H,10-11,16-18,21-27,31-33H2,1-8H3;7,10,12-14,17H,5-6,8-9,11H2,1-4H3;1-4,11-12H,5-8H2;. The van der Waals surface area contributed by atoms with E-state index in [9.17, 15) is 19.8 Å². The number of rotatable bonds is 22. The maximum Gasteiger partial charge on any atom is 0.373 e. The van der Waals surface area contributed by atoms with Gasteiger partial charge in [-0.15, -0.1) is 0 Å². The van der Waals surface area contributed by atoms with E-state index in [0.717, 1.165) is 101 Å². The molecule has 13 unspecified atom stereocenters. The zero-order valence-electron chi connectivity index (χ0n) is 61.0. The maximum absolute atomic E-state index is 14.0. The molecule has 2 saturated heterocycles. The summed E-state index contributed by atoms with van der Waals surface area (Å²) in [5.74, 6) is 6.62. The van der Waals surface area contributed by atoms with Crippen LogP contribution in [0.15, 0.2) is 103 Å². The van der Waals surface area contributed by atoms with Gasteiger partial charge in [0, 0.05) is 24.0 Å². The molecule has 2 aliphatic heterocycles. The Morgan fingerprint density at radius 1 is 0.510 bits per heavy atom. The zero-order valence-corrected chi connectivity index (χ0v) is 61.0. The van der Waals surface area contributed by atoms with Crippen molar-refractivity contribution in [1.82, 2.24) is 0 Å². The van der Waals surface area contributed by atoms with Crippen LogP contribution in [0.4, 0.5) is 0 Å². The van der Waals surface area contributed by atoms with E-state index in [1.54, 1.807) is 35.4 Å². The summed E-state index contributed by atoms with van der Waals surface area (Å²) in [4.78, 5) is 44.1. The third-order valence-corrected chi connectivity index (χ3v) is 24.5. The molecular formula is C85H114O13. The Morgan fingerprint density at radius 3 is 1.38 bits per heavy atom. The van der Waals surface area contributed by atoms with Gasteiger partial charge >= 0.3 is 12.1 Å². The Balaban J connectivity index is 0.000000218. The molecule has 0 spiro atoms. The van der Waals surface area contributed by atoms with Crippen LogP contribution in [0.2, 0.25) is 0 Å². The first kappa shape index (κ1) is 74.4. The smallest absolute Gasteiger partial charge is 0.373 e. The summed E-state index contributed by atoms with van der Waals surface area (Å²) in [5, 5.41) is 21.8. The molecule has 13 atom stereocenters. The van der Waals surface area contributed by atoms with Crippen molar-refractivity contribution in [2.24, 2.45) is 34.5 Å². The summed E-state index contributed by atoms with van der Waals surface area (Å²) >= 11 is 0. The monoisotopic (exact) mass is 1340 g/mol. The number of ketones is 1. The van der Waals surface area contributed by atoms with E-state index < -0.39 is 23.0 Å². The quantitative estimate of drug-likeness (QED) is 0.0494. The average molecular weight is 1340 g/mol. The number of fused-ring (bicyclic) bond motifs is 9. The normalized spacial score (nSPS) is 28.9. The molecule has 2 N–H and O–H groups in total. The van der Waals surface area contributed by atoms with Crippen molar-refractivity contribution in [1.29, 1.82) is 0 Å². The van der Waals surface area contributed by atoms with Crippen LogP contribution >= 0.6 is 0 Å². The van der Waals surface area contributed by atoms with E-state index >= 15 is 0 Å². The van der Waals surface area contributed by atoms with Gasteiger partial charge in [-0.25, -0.2) is 0 Å². The molecule has 3 saturated carbocycles. The molecule has 0 amide bonds. The van der Waals surface area contributed by atoms with Gasteiger partial charge in [0.2, 0.25) is 0 Å². The number of esters is 1. The predicted octanol–water partition coefficient (Wildman–Crippen LogP) is 16.8. The molecule has 13 nitrogen and oxygen atoms in total. The Labute approximate surface area is 585 Å². The van der Waals surface area contributed by atoms with E-state index in [2.05, 4.69) is 138 Å². The summed E-state index contributed by atoms with van der Waals surface area (Å²) in [6.45, 7) is 30.3. The van der Waals surface area contributed by atoms with Crippen LogP contribution in [0.1, 0.15) is 241 Å². The first-order valence-corrected chi connectivity index (χ1v) is 37.2. The number of aliphatic hydroxyl groups is 2. The third kappa shape index (κ3) is 17.2. The Bertz CT molecular complexity index is 3370. The van der Waals surface area contributed by atoms with Crippen molar-refractivity contribution in [3.63, 3.8) is 0 Å². The summed E-state index contributed by atoms with van der Waals surface area (Å²) < 4.78 is 39.0. The van der Waals surface area contributed by atoms with Crippen molar-refractivity contribution < 1.29 is 62.5 Å². The molecule has 5 fully saturated rings. The second-order valence-electron chi connectivity index (χ2n) is 32.3. The molecule has 6 aliphatic carbocycles. The average Bonchev–Trinajstić information content (AvgIpc) is 1.49. The maximum atomic E-state index is 14.0. The number of ether oxygens (including phenoxy) is 7. The van der Waals surface area contributed by atoms with Gasteiger partial charge in [0.15, 0.2) is 0 Å². The molecule has 0 bridgehead atoms. The summed E-state index contributed by atoms with van der Waals surface area (Å²) in [6, 6.07) is 36.1.